The Morgan fingerprint density at radius 2 is 1.61 bits per heavy atom. The third kappa shape index (κ3) is 3.87. The molecule has 0 saturated carbocycles. The average Bonchev–Trinajstić information content (AvgIpc) is 2.59. The van der Waals surface area contributed by atoms with Crippen LogP contribution in [0.4, 0.5) is 10.1 Å². The van der Waals surface area contributed by atoms with Crippen molar-refractivity contribution < 1.29 is 4.39 Å². The van der Waals surface area contributed by atoms with Crippen molar-refractivity contribution in [2.75, 3.05) is 38.7 Å². The monoisotopic (exact) mass is 312 g/mol. The molecule has 0 bridgehead atoms. The first-order chi connectivity index (χ1) is 11.2. The molecule has 2 aromatic carbocycles. The van der Waals surface area contributed by atoms with Crippen molar-refractivity contribution in [3.05, 3.63) is 66.0 Å². The van der Waals surface area contributed by atoms with Crippen LogP contribution < -0.4 is 5.43 Å². The number of hydrogen-bond donors (Lipinski definition) is 1. The highest BCUT2D eigenvalue weighted by atomic mass is 19.1. The van der Waals surface area contributed by atoms with Crippen molar-refractivity contribution in [3.63, 3.8) is 0 Å². The highest BCUT2D eigenvalue weighted by Gasteiger charge is 2.21. The van der Waals surface area contributed by atoms with E-state index in [1.807, 2.05) is 36.4 Å². The summed E-state index contributed by atoms with van der Waals surface area (Å²) in [7, 11) is 2.10. The number of piperazine rings is 1. The average molecular weight is 312 g/mol. The molecular weight excluding hydrogens is 291 g/mol. The van der Waals surface area contributed by atoms with Crippen LogP contribution in [0.25, 0.3) is 0 Å². The van der Waals surface area contributed by atoms with Crippen molar-refractivity contribution in [2.45, 2.75) is 0 Å². The summed E-state index contributed by atoms with van der Waals surface area (Å²) >= 11 is 0. The van der Waals surface area contributed by atoms with Crippen molar-refractivity contribution >= 4 is 11.5 Å². The zero-order valence-corrected chi connectivity index (χ0v) is 13.2. The summed E-state index contributed by atoms with van der Waals surface area (Å²) in [6, 6.07) is 16.5. The molecule has 0 radical (unpaired) electrons. The number of anilines is 1. The molecule has 0 amide bonds. The smallest absolute Gasteiger partial charge is 0.159 e. The zero-order valence-electron chi connectivity index (χ0n) is 13.2. The highest BCUT2D eigenvalue weighted by molar-refractivity contribution is 5.99. The van der Waals surface area contributed by atoms with Crippen LogP contribution in [-0.4, -0.2) is 48.9 Å². The summed E-state index contributed by atoms with van der Waals surface area (Å²) in [6.45, 7) is 3.55. The molecule has 1 heterocycles. The van der Waals surface area contributed by atoms with E-state index >= 15 is 0 Å². The lowest BCUT2D eigenvalue weighted by molar-refractivity contribution is 0.215. The zero-order chi connectivity index (χ0) is 16.1. The van der Waals surface area contributed by atoms with Gasteiger partial charge in [0.2, 0.25) is 0 Å². The lowest BCUT2D eigenvalue weighted by Crippen LogP contribution is -2.47. The van der Waals surface area contributed by atoms with Gasteiger partial charge in [-0.3, -0.25) is 5.43 Å². The molecule has 0 aromatic heterocycles. The first-order valence-electron chi connectivity index (χ1n) is 7.81. The summed E-state index contributed by atoms with van der Waals surface area (Å²) in [5.41, 5.74) is 4.46. The Morgan fingerprint density at radius 1 is 0.957 bits per heavy atom. The number of rotatable bonds is 3. The molecule has 1 aliphatic rings. The van der Waals surface area contributed by atoms with Gasteiger partial charge in [-0.05, 0) is 31.3 Å². The molecule has 1 fully saturated rings. The summed E-state index contributed by atoms with van der Waals surface area (Å²) < 4.78 is 14.3. The number of para-hydroxylation sites is 1. The van der Waals surface area contributed by atoms with Gasteiger partial charge in [-0.2, -0.15) is 5.10 Å². The van der Waals surface area contributed by atoms with E-state index < -0.39 is 0 Å². The summed E-state index contributed by atoms with van der Waals surface area (Å²) in [5, 5.41) is 4.51. The SMILES string of the molecule is CN1CCN(/C(=N/Nc2ccccc2)c2ccccc2F)CC1. The Labute approximate surface area is 136 Å². The maximum absolute atomic E-state index is 14.3. The van der Waals surface area contributed by atoms with Gasteiger partial charge in [0.05, 0.1) is 11.3 Å². The molecule has 1 aliphatic heterocycles. The third-order valence-electron chi connectivity index (χ3n) is 3.98. The van der Waals surface area contributed by atoms with Gasteiger partial charge in [0.15, 0.2) is 5.84 Å². The Morgan fingerprint density at radius 3 is 2.30 bits per heavy atom. The molecule has 1 N–H and O–H groups in total. The van der Waals surface area contributed by atoms with Gasteiger partial charge in [-0.25, -0.2) is 4.39 Å². The number of amidine groups is 1. The van der Waals surface area contributed by atoms with Crippen LogP contribution in [0.2, 0.25) is 0 Å². The lowest BCUT2D eigenvalue weighted by Gasteiger charge is -2.34. The minimum atomic E-state index is -0.250. The number of halogens is 1. The van der Waals surface area contributed by atoms with Gasteiger partial charge in [0, 0.05) is 26.2 Å². The van der Waals surface area contributed by atoms with Gasteiger partial charge >= 0.3 is 0 Å². The van der Waals surface area contributed by atoms with Crippen LogP contribution in [0.5, 0.6) is 0 Å². The fourth-order valence-electron chi connectivity index (χ4n) is 2.59. The molecular formula is C18H21FN4. The standard InChI is InChI=1S/C18H21FN4/c1-22-11-13-23(14-12-22)18(16-9-5-6-10-17(16)19)21-20-15-7-3-2-4-8-15/h2-10,20H,11-14H2,1H3/b21-18+. The Kier molecular flexibility index (Phi) is 4.88. The topological polar surface area (TPSA) is 30.9 Å². The van der Waals surface area contributed by atoms with E-state index in [0.29, 0.717) is 11.4 Å². The van der Waals surface area contributed by atoms with Gasteiger partial charge in [0.25, 0.3) is 0 Å². The lowest BCUT2D eigenvalue weighted by atomic mass is 10.1. The quantitative estimate of drug-likeness (QED) is 0.537. The predicted molar refractivity (Wildman–Crippen MR) is 92.1 cm³/mol. The fraction of sp³-hybridized carbons (Fsp3) is 0.278. The Balaban J connectivity index is 1.88. The fourth-order valence-corrected chi connectivity index (χ4v) is 2.59. The number of likely N-dealkylation sites (N-methyl/N-ethyl adjacent to an activating group) is 1. The first kappa shape index (κ1) is 15.5. The van der Waals surface area contributed by atoms with E-state index in [9.17, 15) is 4.39 Å². The Bertz CT molecular complexity index is 664. The maximum atomic E-state index is 14.3. The molecule has 2 aromatic rings. The minimum Gasteiger partial charge on any atom is -0.352 e. The second kappa shape index (κ2) is 7.24. The van der Waals surface area contributed by atoms with Crippen molar-refractivity contribution in [1.29, 1.82) is 0 Å². The molecule has 0 spiro atoms. The summed E-state index contributed by atoms with van der Waals surface area (Å²) in [5.74, 6) is 0.403. The van der Waals surface area contributed by atoms with Crippen LogP contribution in [0, 0.1) is 5.82 Å². The van der Waals surface area contributed by atoms with Gasteiger partial charge in [-0.1, -0.05) is 30.3 Å². The van der Waals surface area contributed by atoms with Crippen molar-refractivity contribution in [2.24, 2.45) is 5.10 Å². The Hall–Kier alpha value is -2.40. The van der Waals surface area contributed by atoms with E-state index in [-0.39, 0.29) is 5.82 Å². The van der Waals surface area contributed by atoms with Crippen molar-refractivity contribution in [3.8, 4) is 0 Å². The highest BCUT2D eigenvalue weighted by Crippen LogP contribution is 2.14. The molecule has 1 saturated heterocycles. The number of nitrogens with one attached hydrogen (secondary N) is 1. The molecule has 0 aliphatic carbocycles. The molecule has 5 heteroatoms. The van der Waals surface area contributed by atoms with E-state index in [1.165, 1.54) is 6.07 Å². The molecule has 0 atom stereocenters. The number of hydrogen-bond acceptors (Lipinski definition) is 3. The molecule has 0 unspecified atom stereocenters. The van der Waals surface area contributed by atoms with E-state index in [4.69, 9.17) is 0 Å². The summed E-state index contributed by atoms with van der Waals surface area (Å²) in [4.78, 5) is 4.40. The maximum Gasteiger partial charge on any atom is 0.159 e. The van der Waals surface area contributed by atoms with Crippen molar-refractivity contribution in [1.82, 2.24) is 9.80 Å². The first-order valence-corrected chi connectivity index (χ1v) is 7.81. The van der Waals surface area contributed by atoms with Crippen LogP contribution in [0.15, 0.2) is 59.7 Å². The van der Waals surface area contributed by atoms with E-state index in [0.717, 1.165) is 31.9 Å². The molecule has 120 valence electrons. The number of nitrogens with zero attached hydrogens (tertiary/aromatic N) is 3. The number of hydrazone groups is 1. The van der Waals surface area contributed by atoms with Crippen LogP contribution >= 0.6 is 0 Å². The third-order valence-corrected chi connectivity index (χ3v) is 3.98. The minimum absolute atomic E-state index is 0.250. The second-order valence-electron chi connectivity index (χ2n) is 5.68. The van der Waals surface area contributed by atoms with Crippen LogP contribution in [0.3, 0.4) is 0 Å². The van der Waals surface area contributed by atoms with Crippen LogP contribution in [0.1, 0.15) is 5.56 Å². The van der Waals surface area contributed by atoms with E-state index in [2.05, 4.69) is 27.4 Å². The van der Waals surface area contributed by atoms with Gasteiger partial charge < -0.3 is 9.80 Å². The van der Waals surface area contributed by atoms with Crippen LogP contribution in [-0.2, 0) is 0 Å². The van der Waals surface area contributed by atoms with E-state index in [1.54, 1.807) is 12.1 Å². The van der Waals surface area contributed by atoms with Gasteiger partial charge in [0.1, 0.15) is 5.82 Å². The predicted octanol–water partition coefficient (Wildman–Crippen LogP) is 2.85. The molecule has 23 heavy (non-hydrogen) atoms. The second-order valence-corrected chi connectivity index (χ2v) is 5.68. The molecule has 3 rings (SSSR count). The normalized spacial score (nSPS) is 16.4. The largest absolute Gasteiger partial charge is 0.352 e. The number of benzene rings is 2. The van der Waals surface area contributed by atoms with Gasteiger partial charge in [-0.15, -0.1) is 0 Å². The molecule has 4 nitrogen and oxygen atoms in total. The summed E-state index contributed by atoms with van der Waals surface area (Å²) in [6.07, 6.45) is 0.